The summed E-state index contributed by atoms with van der Waals surface area (Å²) < 4.78 is -1.88. The molecule has 0 radical (unpaired) electrons. The fourth-order valence-corrected chi connectivity index (χ4v) is 2.17. The number of alkyl halides is 3. The number of amides is 2. The van der Waals surface area contributed by atoms with Crippen LogP contribution in [0.15, 0.2) is 24.3 Å². The van der Waals surface area contributed by atoms with E-state index in [0.29, 0.717) is 6.42 Å². The van der Waals surface area contributed by atoms with E-state index in [0.717, 1.165) is 0 Å². The lowest BCUT2D eigenvalue weighted by Gasteiger charge is -2.27. The van der Waals surface area contributed by atoms with Crippen molar-refractivity contribution in [2.75, 3.05) is 0 Å². The van der Waals surface area contributed by atoms with Gasteiger partial charge >= 0.3 is 0 Å². The molecule has 0 bridgehead atoms. The summed E-state index contributed by atoms with van der Waals surface area (Å²) in [6.45, 7) is 1.83. The molecule has 0 saturated heterocycles. The zero-order valence-electron chi connectivity index (χ0n) is 13.1. The van der Waals surface area contributed by atoms with E-state index in [4.69, 9.17) is 47.0 Å². The molecular weight excluding hydrogens is 411 g/mol. The van der Waals surface area contributed by atoms with E-state index in [1.807, 2.05) is 6.92 Å². The molecule has 0 heterocycles. The van der Waals surface area contributed by atoms with Crippen LogP contribution in [0, 0.1) is 0 Å². The number of nitrogens with one attached hydrogen (secondary N) is 4. The van der Waals surface area contributed by atoms with Crippen LogP contribution in [0.3, 0.4) is 0 Å². The molecule has 0 spiro atoms. The molecule has 0 aliphatic rings. The number of hydrogen-bond acceptors (Lipinski definition) is 4. The summed E-state index contributed by atoms with van der Waals surface area (Å²) in [6.07, 6.45) is -0.237. The molecule has 2 amide bonds. The summed E-state index contributed by atoms with van der Waals surface area (Å²) in [4.78, 5) is 23.6. The standard InChI is InChI=1S/C14H17Cl3N4O3S/c1-2-5-10(23)18-12(14(15,16)17)19-13(25)21-20-11(24)8-6-3-4-7-9(8)22/h3-4,6-7,12,22H,2,5H2,1H3,(H,18,23)(H,20,24)(H2,19,21,25). The van der Waals surface area contributed by atoms with Gasteiger partial charge in [-0.2, -0.15) is 0 Å². The Morgan fingerprint density at radius 1 is 1.20 bits per heavy atom. The first-order valence-corrected chi connectivity index (χ1v) is 8.70. The number of carbonyl (C=O) groups is 2. The zero-order valence-corrected chi connectivity index (χ0v) is 16.2. The van der Waals surface area contributed by atoms with E-state index in [9.17, 15) is 14.7 Å². The highest BCUT2D eigenvalue weighted by atomic mass is 35.6. The highest BCUT2D eigenvalue weighted by molar-refractivity contribution is 7.80. The number of carbonyl (C=O) groups excluding carboxylic acids is 2. The molecule has 1 atom stereocenters. The summed E-state index contributed by atoms with van der Waals surface area (Å²) in [7, 11) is 0. The van der Waals surface area contributed by atoms with Gasteiger partial charge in [-0.25, -0.2) is 0 Å². The van der Waals surface area contributed by atoms with Gasteiger partial charge in [0.2, 0.25) is 9.70 Å². The molecule has 25 heavy (non-hydrogen) atoms. The number of phenolic OH excluding ortho intramolecular Hbond substituents is 1. The van der Waals surface area contributed by atoms with Gasteiger partial charge in [0.25, 0.3) is 5.91 Å². The summed E-state index contributed by atoms with van der Waals surface area (Å²) in [5, 5.41) is 14.6. The molecular formula is C14H17Cl3N4O3S. The van der Waals surface area contributed by atoms with E-state index >= 15 is 0 Å². The van der Waals surface area contributed by atoms with Gasteiger partial charge in [-0.15, -0.1) is 0 Å². The normalized spacial score (nSPS) is 12.0. The Kier molecular flexibility index (Phi) is 8.51. The third-order valence-corrected chi connectivity index (χ3v) is 3.70. The number of hydrazine groups is 1. The van der Waals surface area contributed by atoms with Gasteiger partial charge in [0.1, 0.15) is 11.9 Å². The summed E-state index contributed by atoms with van der Waals surface area (Å²) in [5.74, 6) is -1.14. The third-order valence-electron chi connectivity index (χ3n) is 2.82. The van der Waals surface area contributed by atoms with E-state index in [1.54, 1.807) is 12.1 Å². The summed E-state index contributed by atoms with van der Waals surface area (Å²) >= 11 is 22.4. The molecule has 138 valence electrons. The Labute approximate surface area is 165 Å². The molecule has 5 N–H and O–H groups in total. The number of phenols is 1. The van der Waals surface area contributed by atoms with Crippen LogP contribution in [0.1, 0.15) is 30.1 Å². The van der Waals surface area contributed by atoms with Gasteiger partial charge in [0.15, 0.2) is 5.11 Å². The Balaban J connectivity index is 2.61. The number of aromatic hydroxyl groups is 1. The molecule has 11 heteroatoms. The van der Waals surface area contributed by atoms with Crippen LogP contribution >= 0.6 is 47.0 Å². The Bertz CT molecular complexity index is 640. The van der Waals surface area contributed by atoms with E-state index in [1.165, 1.54) is 12.1 Å². The Morgan fingerprint density at radius 3 is 2.40 bits per heavy atom. The second kappa shape index (κ2) is 9.86. The monoisotopic (exact) mass is 426 g/mol. The van der Waals surface area contributed by atoms with Crippen LogP contribution in [-0.2, 0) is 4.79 Å². The minimum absolute atomic E-state index is 0.0481. The molecule has 0 fully saturated rings. The smallest absolute Gasteiger partial charge is 0.273 e. The van der Waals surface area contributed by atoms with E-state index in [-0.39, 0.29) is 28.8 Å². The van der Waals surface area contributed by atoms with Gasteiger partial charge in [0, 0.05) is 6.42 Å². The molecule has 0 aliphatic carbocycles. The van der Waals surface area contributed by atoms with Gasteiger partial charge < -0.3 is 15.7 Å². The number of thiocarbonyl (C=S) groups is 1. The average Bonchev–Trinajstić information content (AvgIpc) is 2.52. The molecule has 1 unspecified atom stereocenters. The van der Waals surface area contributed by atoms with Crippen LogP contribution in [0.2, 0.25) is 0 Å². The first kappa shape index (κ1) is 21.6. The van der Waals surface area contributed by atoms with Crippen LogP contribution in [0.5, 0.6) is 5.75 Å². The van der Waals surface area contributed by atoms with Gasteiger partial charge in [0.05, 0.1) is 5.56 Å². The zero-order chi connectivity index (χ0) is 19.0. The average molecular weight is 428 g/mol. The number of rotatable bonds is 5. The lowest BCUT2D eigenvalue weighted by Crippen LogP contribution is -2.59. The van der Waals surface area contributed by atoms with E-state index < -0.39 is 15.9 Å². The van der Waals surface area contributed by atoms with Gasteiger partial charge in [-0.3, -0.25) is 20.4 Å². The molecule has 0 aromatic heterocycles. The fraction of sp³-hybridized carbons (Fsp3) is 0.357. The van der Waals surface area contributed by atoms with Crippen molar-refractivity contribution >= 4 is 63.9 Å². The minimum Gasteiger partial charge on any atom is -0.507 e. The predicted molar refractivity (Wildman–Crippen MR) is 102 cm³/mol. The van der Waals surface area contributed by atoms with Crippen molar-refractivity contribution in [3.63, 3.8) is 0 Å². The highest BCUT2D eigenvalue weighted by Crippen LogP contribution is 2.29. The molecule has 0 aliphatic heterocycles. The molecule has 1 aromatic rings. The maximum atomic E-state index is 11.9. The second-order valence-corrected chi connectivity index (χ2v) is 7.64. The SMILES string of the molecule is CCCC(=O)NC(NC(=S)NNC(=O)c1ccccc1O)C(Cl)(Cl)Cl. The van der Waals surface area contributed by atoms with Crippen molar-refractivity contribution in [3.8, 4) is 5.75 Å². The lowest BCUT2D eigenvalue weighted by molar-refractivity contribution is -0.121. The fourth-order valence-electron chi connectivity index (χ4n) is 1.67. The molecule has 7 nitrogen and oxygen atoms in total. The van der Waals surface area contributed by atoms with Crippen LogP contribution in [0.25, 0.3) is 0 Å². The summed E-state index contributed by atoms with van der Waals surface area (Å²) in [5.41, 5.74) is 4.73. The Hall–Kier alpha value is -1.48. The van der Waals surface area contributed by atoms with Crippen molar-refractivity contribution < 1.29 is 14.7 Å². The van der Waals surface area contributed by atoms with Crippen LogP contribution in [0.4, 0.5) is 0 Å². The van der Waals surface area contributed by atoms with Gasteiger partial charge in [-0.1, -0.05) is 53.9 Å². The van der Waals surface area contributed by atoms with E-state index in [2.05, 4.69) is 21.5 Å². The maximum absolute atomic E-state index is 11.9. The number of benzene rings is 1. The van der Waals surface area contributed by atoms with Crippen molar-refractivity contribution in [1.82, 2.24) is 21.5 Å². The quantitative estimate of drug-likeness (QED) is 0.213. The van der Waals surface area contributed by atoms with Crippen LogP contribution in [-0.4, -0.2) is 32.0 Å². The van der Waals surface area contributed by atoms with Crippen molar-refractivity contribution in [1.29, 1.82) is 0 Å². The predicted octanol–water partition coefficient (Wildman–Crippen LogP) is 2.11. The Morgan fingerprint density at radius 2 is 1.84 bits per heavy atom. The largest absolute Gasteiger partial charge is 0.507 e. The second-order valence-electron chi connectivity index (χ2n) is 4.86. The maximum Gasteiger partial charge on any atom is 0.273 e. The lowest BCUT2D eigenvalue weighted by atomic mass is 10.2. The first-order valence-electron chi connectivity index (χ1n) is 7.16. The molecule has 1 aromatic carbocycles. The number of para-hydroxylation sites is 1. The third kappa shape index (κ3) is 7.52. The highest BCUT2D eigenvalue weighted by Gasteiger charge is 2.34. The first-order chi connectivity index (χ1) is 11.6. The van der Waals surface area contributed by atoms with Crippen molar-refractivity contribution in [2.45, 2.75) is 29.7 Å². The minimum atomic E-state index is -1.88. The van der Waals surface area contributed by atoms with Gasteiger partial charge in [-0.05, 0) is 30.8 Å². The topological polar surface area (TPSA) is 102 Å². The number of halogens is 3. The molecule has 1 rings (SSSR count). The summed E-state index contributed by atoms with van der Waals surface area (Å²) in [6, 6.07) is 5.97. The van der Waals surface area contributed by atoms with Crippen molar-refractivity contribution in [2.24, 2.45) is 0 Å². The number of hydrogen-bond donors (Lipinski definition) is 5. The van der Waals surface area contributed by atoms with Crippen LogP contribution < -0.4 is 21.5 Å². The van der Waals surface area contributed by atoms with Crippen molar-refractivity contribution in [3.05, 3.63) is 29.8 Å². The molecule has 0 saturated carbocycles.